The molecular formula is C14H12ClN3O3S. The van der Waals surface area contributed by atoms with Gasteiger partial charge in [-0.1, -0.05) is 28.5 Å². The van der Waals surface area contributed by atoms with E-state index in [-0.39, 0.29) is 5.91 Å². The maximum atomic E-state index is 11.8. The van der Waals surface area contributed by atoms with E-state index in [1.54, 1.807) is 31.2 Å². The number of oxazole rings is 1. The molecule has 2 heterocycles. The minimum atomic E-state index is -0.139. The van der Waals surface area contributed by atoms with Crippen LogP contribution >= 0.6 is 23.4 Å². The van der Waals surface area contributed by atoms with Gasteiger partial charge in [0.05, 0.1) is 0 Å². The maximum absolute atomic E-state index is 11.8. The number of carbonyl (C=O) groups is 1. The Hall–Kier alpha value is -1.99. The van der Waals surface area contributed by atoms with Gasteiger partial charge in [-0.2, -0.15) is 0 Å². The standard InChI is InChI=1S/C14H12ClN3O3S/c1-8-6-12(18-21-8)17-13(19)4-5-22-14-16-10-7-9(15)2-3-11(10)20-14/h2-3,6-7H,4-5H2,1H3,(H,17,18,19). The minimum absolute atomic E-state index is 0.139. The molecule has 0 atom stereocenters. The van der Waals surface area contributed by atoms with E-state index < -0.39 is 0 Å². The van der Waals surface area contributed by atoms with Gasteiger partial charge in [-0.05, 0) is 25.1 Å². The normalized spacial score (nSPS) is 11.0. The monoisotopic (exact) mass is 337 g/mol. The molecule has 3 aromatic rings. The molecule has 8 heteroatoms. The van der Waals surface area contributed by atoms with Gasteiger partial charge in [-0.3, -0.25) is 4.79 Å². The van der Waals surface area contributed by atoms with Gasteiger partial charge in [-0.15, -0.1) is 0 Å². The summed E-state index contributed by atoms with van der Waals surface area (Å²) in [6.45, 7) is 1.76. The number of rotatable bonds is 5. The van der Waals surface area contributed by atoms with Gasteiger partial charge in [0, 0.05) is 23.3 Å². The Morgan fingerprint density at radius 2 is 2.27 bits per heavy atom. The number of carbonyl (C=O) groups excluding carboxylic acids is 1. The topological polar surface area (TPSA) is 81.2 Å². The van der Waals surface area contributed by atoms with Crippen LogP contribution in [0.4, 0.5) is 5.82 Å². The number of thioether (sulfide) groups is 1. The zero-order chi connectivity index (χ0) is 15.5. The van der Waals surface area contributed by atoms with E-state index in [1.165, 1.54) is 11.8 Å². The first-order valence-corrected chi connectivity index (χ1v) is 7.88. The molecule has 6 nitrogen and oxygen atoms in total. The molecule has 0 bridgehead atoms. The molecular weight excluding hydrogens is 326 g/mol. The van der Waals surface area contributed by atoms with Crippen LogP contribution < -0.4 is 5.32 Å². The van der Waals surface area contributed by atoms with Crippen LogP contribution in [-0.4, -0.2) is 21.8 Å². The summed E-state index contributed by atoms with van der Waals surface area (Å²) in [7, 11) is 0. The van der Waals surface area contributed by atoms with Gasteiger partial charge in [0.2, 0.25) is 5.91 Å². The number of aryl methyl sites for hydroxylation is 1. The number of aromatic nitrogens is 2. The third kappa shape index (κ3) is 3.61. The molecule has 2 aromatic heterocycles. The molecule has 0 spiro atoms. The van der Waals surface area contributed by atoms with Crippen LogP contribution in [-0.2, 0) is 4.79 Å². The van der Waals surface area contributed by atoms with Gasteiger partial charge in [0.1, 0.15) is 11.3 Å². The zero-order valence-corrected chi connectivity index (χ0v) is 13.2. The third-order valence-electron chi connectivity index (χ3n) is 2.78. The van der Waals surface area contributed by atoms with E-state index in [0.717, 1.165) is 0 Å². The average Bonchev–Trinajstić information content (AvgIpc) is 3.04. The summed E-state index contributed by atoms with van der Waals surface area (Å²) in [6, 6.07) is 6.92. The van der Waals surface area contributed by atoms with Crippen molar-refractivity contribution in [1.82, 2.24) is 10.1 Å². The van der Waals surface area contributed by atoms with Crippen molar-refractivity contribution in [1.29, 1.82) is 0 Å². The van der Waals surface area contributed by atoms with Gasteiger partial charge in [0.15, 0.2) is 11.4 Å². The summed E-state index contributed by atoms with van der Waals surface area (Å²) in [5.41, 5.74) is 1.38. The highest BCUT2D eigenvalue weighted by Crippen LogP contribution is 2.25. The van der Waals surface area contributed by atoms with E-state index in [0.29, 0.717) is 45.1 Å². The second kappa shape index (κ2) is 6.41. The SMILES string of the molecule is Cc1cc(NC(=O)CCSc2nc3cc(Cl)ccc3o2)no1. The lowest BCUT2D eigenvalue weighted by atomic mass is 10.3. The van der Waals surface area contributed by atoms with E-state index in [4.69, 9.17) is 20.5 Å². The number of benzene rings is 1. The summed E-state index contributed by atoms with van der Waals surface area (Å²) >= 11 is 7.27. The van der Waals surface area contributed by atoms with Crippen molar-refractivity contribution in [3.05, 3.63) is 35.0 Å². The molecule has 0 aliphatic carbocycles. The highest BCUT2D eigenvalue weighted by molar-refractivity contribution is 7.99. The highest BCUT2D eigenvalue weighted by atomic mass is 35.5. The fourth-order valence-corrected chi connectivity index (χ4v) is 2.74. The highest BCUT2D eigenvalue weighted by Gasteiger charge is 2.10. The van der Waals surface area contributed by atoms with Crippen molar-refractivity contribution in [3.8, 4) is 0 Å². The number of hydrogen-bond acceptors (Lipinski definition) is 6. The first-order valence-electron chi connectivity index (χ1n) is 6.52. The van der Waals surface area contributed by atoms with Crippen LogP contribution in [0.25, 0.3) is 11.1 Å². The number of anilines is 1. The van der Waals surface area contributed by atoms with Gasteiger partial charge in [0.25, 0.3) is 5.22 Å². The molecule has 1 aromatic carbocycles. The maximum Gasteiger partial charge on any atom is 0.256 e. The first-order chi connectivity index (χ1) is 10.6. The summed E-state index contributed by atoms with van der Waals surface area (Å²) < 4.78 is 10.4. The van der Waals surface area contributed by atoms with Crippen LogP contribution in [0.1, 0.15) is 12.2 Å². The molecule has 1 amide bonds. The van der Waals surface area contributed by atoms with Crippen LogP contribution in [0.15, 0.2) is 38.4 Å². The van der Waals surface area contributed by atoms with E-state index in [1.807, 2.05) is 0 Å². The summed E-state index contributed by atoms with van der Waals surface area (Å²) in [6.07, 6.45) is 0.316. The Morgan fingerprint density at radius 3 is 3.05 bits per heavy atom. The quantitative estimate of drug-likeness (QED) is 0.711. The number of hydrogen-bond donors (Lipinski definition) is 1. The fraction of sp³-hybridized carbons (Fsp3) is 0.214. The Morgan fingerprint density at radius 1 is 1.41 bits per heavy atom. The zero-order valence-electron chi connectivity index (χ0n) is 11.6. The van der Waals surface area contributed by atoms with E-state index in [2.05, 4.69) is 15.5 Å². The molecule has 0 aliphatic rings. The van der Waals surface area contributed by atoms with E-state index in [9.17, 15) is 4.79 Å². The first kappa shape index (κ1) is 14.9. The van der Waals surface area contributed by atoms with E-state index >= 15 is 0 Å². The molecule has 0 radical (unpaired) electrons. The molecule has 22 heavy (non-hydrogen) atoms. The number of nitrogens with zero attached hydrogens (tertiary/aromatic N) is 2. The lowest BCUT2D eigenvalue weighted by molar-refractivity contribution is -0.115. The number of halogens is 1. The number of nitrogens with one attached hydrogen (secondary N) is 1. The lowest BCUT2D eigenvalue weighted by Gasteiger charge is -1.99. The van der Waals surface area contributed by atoms with Crippen LogP contribution in [0.3, 0.4) is 0 Å². The Labute approximate surface area is 135 Å². The van der Waals surface area contributed by atoms with Crippen molar-refractivity contribution in [2.45, 2.75) is 18.6 Å². The van der Waals surface area contributed by atoms with Crippen molar-refractivity contribution in [2.24, 2.45) is 0 Å². The van der Waals surface area contributed by atoms with Gasteiger partial charge in [-0.25, -0.2) is 4.98 Å². The molecule has 114 valence electrons. The van der Waals surface area contributed by atoms with Gasteiger partial charge >= 0.3 is 0 Å². The van der Waals surface area contributed by atoms with Crippen molar-refractivity contribution >= 4 is 46.2 Å². The summed E-state index contributed by atoms with van der Waals surface area (Å²) in [4.78, 5) is 16.1. The number of amides is 1. The molecule has 0 saturated heterocycles. The second-order valence-corrected chi connectivity index (χ2v) is 6.04. The fourth-order valence-electron chi connectivity index (χ4n) is 1.80. The van der Waals surface area contributed by atoms with Crippen LogP contribution in [0.5, 0.6) is 0 Å². The predicted molar refractivity (Wildman–Crippen MR) is 84.2 cm³/mol. The molecule has 3 rings (SSSR count). The average molecular weight is 338 g/mol. The third-order valence-corrected chi connectivity index (χ3v) is 3.85. The Kier molecular flexibility index (Phi) is 4.35. The predicted octanol–water partition coefficient (Wildman–Crippen LogP) is 3.90. The smallest absolute Gasteiger partial charge is 0.256 e. The largest absolute Gasteiger partial charge is 0.431 e. The van der Waals surface area contributed by atoms with Gasteiger partial charge < -0.3 is 14.3 Å². The molecule has 0 fully saturated rings. The number of fused-ring (bicyclic) bond motifs is 1. The van der Waals surface area contributed by atoms with Crippen molar-refractivity contribution < 1.29 is 13.7 Å². The molecule has 1 N–H and O–H groups in total. The summed E-state index contributed by atoms with van der Waals surface area (Å²) in [5, 5.41) is 7.49. The molecule has 0 unspecified atom stereocenters. The molecule has 0 aliphatic heterocycles. The Bertz CT molecular complexity index is 815. The second-order valence-electron chi connectivity index (χ2n) is 4.56. The minimum Gasteiger partial charge on any atom is -0.431 e. The van der Waals surface area contributed by atoms with Crippen molar-refractivity contribution in [3.63, 3.8) is 0 Å². The molecule has 0 saturated carbocycles. The Balaban J connectivity index is 1.52. The van der Waals surface area contributed by atoms with Crippen LogP contribution in [0.2, 0.25) is 5.02 Å². The summed E-state index contributed by atoms with van der Waals surface area (Å²) in [5.74, 6) is 1.47. The van der Waals surface area contributed by atoms with Crippen molar-refractivity contribution in [2.75, 3.05) is 11.1 Å². The lowest BCUT2D eigenvalue weighted by Crippen LogP contribution is -2.12. The van der Waals surface area contributed by atoms with Crippen LogP contribution in [0, 0.1) is 6.92 Å².